The maximum atomic E-state index is 5.13. The molecule has 3 rings (SSSR count). The zero-order valence-corrected chi connectivity index (χ0v) is 8.90. The van der Waals surface area contributed by atoms with Crippen LogP contribution in [0.5, 0.6) is 5.75 Å². The van der Waals surface area contributed by atoms with E-state index in [2.05, 4.69) is 17.0 Å². The van der Waals surface area contributed by atoms with Crippen molar-refractivity contribution >= 4 is 5.65 Å². The summed E-state index contributed by atoms with van der Waals surface area (Å²) in [7, 11) is 1.64. The van der Waals surface area contributed by atoms with E-state index in [0.29, 0.717) is 5.92 Å². The average Bonchev–Trinajstić information content (AvgIpc) is 3.00. The van der Waals surface area contributed by atoms with Gasteiger partial charge in [-0.1, -0.05) is 0 Å². The number of aryl methyl sites for hydroxylation is 1. The summed E-state index contributed by atoms with van der Waals surface area (Å²) in [6.45, 7) is 2.05. The zero-order valence-electron chi connectivity index (χ0n) is 8.90. The normalized spacial score (nSPS) is 15.9. The molecule has 78 valence electrons. The third kappa shape index (κ3) is 1.28. The molecule has 15 heavy (non-hydrogen) atoms. The van der Waals surface area contributed by atoms with E-state index in [0.717, 1.165) is 17.1 Å². The minimum atomic E-state index is 0.667. The van der Waals surface area contributed by atoms with Crippen LogP contribution in [0.1, 0.15) is 30.1 Å². The quantitative estimate of drug-likeness (QED) is 0.748. The number of rotatable bonds is 2. The van der Waals surface area contributed by atoms with Crippen molar-refractivity contribution in [2.75, 3.05) is 7.11 Å². The zero-order chi connectivity index (χ0) is 10.4. The van der Waals surface area contributed by atoms with E-state index in [-0.39, 0.29) is 0 Å². The largest absolute Gasteiger partial charge is 0.495 e. The van der Waals surface area contributed by atoms with Gasteiger partial charge in [-0.15, -0.1) is 0 Å². The van der Waals surface area contributed by atoms with E-state index in [9.17, 15) is 0 Å². The molecule has 1 aliphatic rings. The number of nitrogens with zero attached hydrogens (tertiary/aromatic N) is 3. The topological polar surface area (TPSA) is 39.4 Å². The number of hydrogen-bond donors (Lipinski definition) is 0. The second-order valence-corrected chi connectivity index (χ2v) is 4.02. The number of imidazole rings is 1. The van der Waals surface area contributed by atoms with Crippen LogP contribution in [-0.2, 0) is 0 Å². The van der Waals surface area contributed by atoms with E-state index in [1.165, 1.54) is 18.5 Å². The molecule has 2 aromatic rings. The van der Waals surface area contributed by atoms with Gasteiger partial charge in [-0.25, -0.2) is 9.50 Å². The molecule has 4 heteroatoms. The van der Waals surface area contributed by atoms with Gasteiger partial charge < -0.3 is 4.74 Å². The lowest BCUT2D eigenvalue weighted by Crippen LogP contribution is -1.97. The fourth-order valence-corrected chi connectivity index (χ4v) is 1.98. The van der Waals surface area contributed by atoms with E-state index in [4.69, 9.17) is 4.74 Å². The monoisotopic (exact) mass is 203 g/mol. The van der Waals surface area contributed by atoms with Crippen LogP contribution in [0.15, 0.2) is 12.3 Å². The summed E-state index contributed by atoms with van der Waals surface area (Å²) in [6.07, 6.45) is 4.27. The Morgan fingerprint density at radius 1 is 1.47 bits per heavy atom. The summed E-state index contributed by atoms with van der Waals surface area (Å²) in [5.74, 6) is 1.43. The van der Waals surface area contributed by atoms with Crippen molar-refractivity contribution in [3.8, 4) is 5.75 Å². The summed E-state index contributed by atoms with van der Waals surface area (Å²) >= 11 is 0. The van der Waals surface area contributed by atoms with Crippen LogP contribution in [0, 0.1) is 6.92 Å². The minimum Gasteiger partial charge on any atom is -0.495 e. The smallest absolute Gasteiger partial charge is 0.157 e. The first kappa shape index (κ1) is 8.71. The van der Waals surface area contributed by atoms with E-state index >= 15 is 0 Å². The number of hydrogen-bond acceptors (Lipinski definition) is 3. The Bertz CT molecular complexity index is 514. The highest BCUT2D eigenvalue weighted by molar-refractivity contribution is 5.47. The van der Waals surface area contributed by atoms with Crippen LogP contribution >= 0.6 is 0 Å². The van der Waals surface area contributed by atoms with Gasteiger partial charge in [-0.05, 0) is 19.8 Å². The summed E-state index contributed by atoms with van der Waals surface area (Å²) in [5, 5.41) is 4.36. The third-order valence-corrected chi connectivity index (χ3v) is 2.87. The van der Waals surface area contributed by atoms with Crippen molar-refractivity contribution in [1.29, 1.82) is 0 Å². The predicted molar refractivity (Wildman–Crippen MR) is 56.3 cm³/mol. The fourth-order valence-electron chi connectivity index (χ4n) is 1.98. The molecule has 0 amide bonds. The first-order valence-corrected chi connectivity index (χ1v) is 5.19. The van der Waals surface area contributed by atoms with Crippen LogP contribution in [0.25, 0.3) is 5.65 Å². The Labute approximate surface area is 87.9 Å². The molecule has 4 nitrogen and oxygen atoms in total. The van der Waals surface area contributed by atoms with Crippen LogP contribution in [0.3, 0.4) is 0 Å². The summed E-state index contributed by atoms with van der Waals surface area (Å²) in [5.41, 5.74) is 3.25. The van der Waals surface area contributed by atoms with Crippen molar-refractivity contribution in [2.45, 2.75) is 25.7 Å². The highest BCUT2D eigenvalue weighted by atomic mass is 16.5. The van der Waals surface area contributed by atoms with Gasteiger partial charge in [-0.2, -0.15) is 5.10 Å². The highest BCUT2D eigenvalue weighted by Crippen LogP contribution is 2.41. The SMILES string of the molecule is COc1cnn2c(C3CC3)c(C)nc2c1. The van der Waals surface area contributed by atoms with E-state index < -0.39 is 0 Å². The Hall–Kier alpha value is -1.58. The molecule has 0 unspecified atom stereocenters. The third-order valence-electron chi connectivity index (χ3n) is 2.87. The number of fused-ring (bicyclic) bond motifs is 1. The highest BCUT2D eigenvalue weighted by Gasteiger charge is 2.29. The number of ether oxygens (including phenoxy) is 1. The molecule has 0 bridgehead atoms. The molecule has 1 saturated carbocycles. The lowest BCUT2D eigenvalue weighted by molar-refractivity contribution is 0.411. The van der Waals surface area contributed by atoms with Crippen LogP contribution in [-0.4, -0.2) is 21.7 Å². The van der Waals surface area contributed by atoms with Crippen LogP contribution < -0.4 is 4.74 Å². The predicted octanol–water partition coefficient (Wildman–Crippen LogP) is 1.92. The summed E-state index contributed by atoms with van der Waals surface area (Å²) in [4.78, 5) is 4.50. The minimum absolute atomic E-state index is 0.667. The molecule has 0 radical (unpaired) electrons. The molecular weight excluding hydrogens is 190 g/mol. The molecule has 0 aromatic carbocycles. The van der Waals surface area contributed by atoms with Gasteiger partial charge in [0.1, 0.15) is 5.75 Å². The Morgan fingerprint density at radius 2 is 2.27 bits per heavy atom. The van der Waals surface area contributed by atoms with Crippen LogP contribution in [0.4, 0.5) is 0 Å². The molecular formula is C11H13N3O. The first-order chi connectivity index (χ1) is 7.29. The van der Waals surface area contributed by atoms with Gasteiger partial charge in [0, 0.05) is 12.0 Å². The molecule has 0 spiro atoms. The van der Waals surface area contributed by atoms with Gasteiger partial charge >= 0.3 is 0 Å². The van der Waals surface area contributed by atoms with E-state index in [1.54, 1.807) is 13.3 Å². The van der Waals surface area contributed by atoms with Gasteiger partial charge in [0.2, 0.25) is 0 Å². The Balaban J connectivity index is 2.23. The fraction of sp³-hybridized carbons (Fsp3) is 0.455. The Kier molecular flexibility index (Phi) is 1.71. The van der Waals surface area contributed by atoms with Crippen molar-refractivity contribution in [3.05, 3.63) is 23.7 Å². The standard InChI is InChI=1S/C11H13N3O/c1-7-11(8-3-4-8)14-10(13-7)5-9(15-2)6-12-14/h5-6,8H,3-4H2,1-2H3. The second-order valence-electron chi connectivity index (χ2n) is 4.02. The molecule has 2 heterocycles. The molecule has 1 aliphatic carbocycles. The van der Waals surface area contributed by atoms with Gasteiger partial charge in [0.05, 0.1) is 24.7 Å². The summed E-state index contributed by atoms with van der Waals surface area (Å²) < 4.78 is 7.07. The van der Waals surface area contributed by atoms with E-state index in [1.807, 2.05) is 10.6 Å². The molecule has 0 saturated heterocycles. The molecule has 0 N–H and O–H groups in total. The van der Waals surface area contributed by atoms with Crippen molar-refractivity contribution in [3.63, 3.8) is 0 Å². The van der Waals surface area contributed by atoms with Gasteiger partial charge in [0.15, 0.2) is 5.65 Å². The lowest BCUT2D eigenvalue weighted by atomic mass is 10.2. The number of aromatic nitrogens is 3. The molecule has 0 atom stereocenters. The second kappa shape index (κ2) is 2.95. The van der Waals surface area contributed by atoms with Crippen molar-refractivity contribution in [2.24, 2.45) is 0 Å². The first-order valence-electron chi connectivity index (χ1n) is 5.19. The number of methoxy groups -OCH3 is 1. The molecule has 0 aliphatic heterocycles. The van der Waals surface area contributed by atoms with Gasteiger partial charge in [0.25, 0.3) is 0 Å². The van der Waals surface area contributed by atoms with Crippen LogP contribution in [0.2, 0.25) is 0 Å². The Morgan fingerprint density at radius 3 is 2.93 bits per heavy atom. The maximum absolute atomic E-state index is 5.13. The average molecular weight is 203 g/mol. The molecule has 1 fully saturated rings. The summed E-state index contributed by atoms with van der Waals surface area (Å²) in [6, 6.07) is 1.92. The lowest BCUT2D eigenvalue weighted by Gasteiger charge is -2.01. The maximum Gasteiger partial charge on any atom is 0.157 e. The van der Waals surface area contributed by atoms with Gasteiger partial charge in [-0.3, -0.25) is 0 Å². The van der Waals surface area contributed by atoms with Crippen molar-refractivity contribution in [1.82, 2.24) is 14.6 Å². The molecule has 2 aromatic heterocycles. The van der Waals surface area contributed by atoms with Crippen molar-refractivity contribution < 1.29 is 4.74 Å².